The van der Waals surface area contributed by atoms with Crippen LogP contribution in [-0.2, 0) is 6.54 Å². The first kappa shape index (κ1) is 11.2. The normalized spacial score (nSPS) is 12.9. The third kappa shape index (κ3) is 2.12. The fourth-order valence-corrected chi connectivity index (χ4v) is 2.22. The molecule has 0 bridgehead atoms. The Labute approximate surface area is 98.3 Å². The minimum atomic E-state index is -0.230. The van der Waals surface area contributed by atoms with Crippen molar-refractivity contribution in [3.8, 4) is 0 Å². The third-order valence-electron chi connectivity index (χ3n) is 2.36. The van der Waals surface area contributed by atoms with Crippen LogP contribution in [0.4, 0.5) is 0 Å². The van der Waals surface area contributed by atoms with Gasteiger partial charge in [-0.05, 0) is 13.3 Å². The van der Waals surface area contributed by atoms with E-state index >= 15 is 0 Å². The van der Waals surface area contributed by atoms with E-state index in [1.54, 1.807) is 17.5 Å². The van der Waals surface area contributed by atoms with Crippen LogP contribution in [0.5, 0.6) is 0 Å². The maximum atomic E-state index is 6.15. The number of aromatic nitrogens is 4. The third-order valence-corrected chi connectivity index (χ3v) is 3.15. The molecule has 86 valence electrons. The number of nitrogens with zero attached hydrogens (tertiary/aromatic N) is 4. The number of aryl methyl sites for hydroxylation is 2. The Morgan fingerprint density at radius 2 is 2.38 bits per heavy atom. The second kappa shape index (κ2) is 4.71. The van der Waals surface area contributed by atoms with Gasteiger partial charge < -0.3 is 5.73 Å². The molecule has 6 heteroatoms. The average molecular weight is 237 g/mol. The molecule has 2 N–H and O–H groups in total. The van der Waals surface area contributed by atoms with Gasteiger partial charge in [-0.1, -0.05) is 12.1 Å². The molecule has 0 aromatic carbocycles. The van der Waals surface area contributed by atoms with E-state index in [0.717, 1.165) is 29.4 Å². The van der Waals surface area contributed by atoms with Crippen molar-refractivity contribution in [2.45, 2.75) is 32.9 Å². The lowest BCUT2D eigenvalue weighted by Gasteiger charge is -2.10. The Morgan fingerprint density at radius 1 is 1.56 bits per heavy atom. The van der Waals surface area contributed by atoms with Gasteiger partial charge in [0.1, 0.15) is 0 Å². The Hall–Kier alpha value is -1.27. The van der Waals surface area contributed by atoms with Crippen LogP contribution in [0, 0.1) is 6.92 Å². The molecule has 0 saturated heterocycles. The molecule has 16 heavy (non-hydrogen) atoms. The Morgan fingerprint density at radius 3 is 3.00 bits per heavy atom. The highest BCUT2D eigenvalue weighted by molar-refractivity contribution is 7.09. The van der Waals surface area contributed by atoms with E-state index in [1.807, 2.05) is 17.0 Å². The van der Waals surface area contributed by atoms with Gasteiger partial charge in [-0.25, -0.2) is 9.67 Å². The summed E-state index contributed by atoms with van der Waals surface area (Å²) in [6.07, 6.45) is 2.73. The first-order valence-electron chi connectivity index (χ1n) is 5.28. The van der Waals surface area contributed by atoms with Gasteiger partial charge in [0.25, 0.3) is 0 Å². The maximum absolute atomic E-state index is 6.15. The molecule has 2 rings (SSSR count). The Balaban J connectivity index is 2.26. The Bertz CT molecular complexity index is 461. The molecular formula is C10H15N5S. The zero-order valence-electron chi connectivity index (χ0n) is 9.42. The quantitative estimate of drug-likeness (QED) is 0.875. The van der Waals surface area contributed by atoms with Crippen molar-refractivity contribution in [2.24, 2.45) is 5.73 Å². The summed E-state index contributed by atoms with van der Waals surface area (Å²) in [6, 6.07) is -0.230. The number of hydrogen-bond donors (Lipinski definition) is 1. The fourth-order valence-electron chi connectivity index (χ4n) is 1.57. The number of hydrogen-bond acceptors (Lipinski definition) is 5. The molecule has 1 unspecified atom stereocenters. The highest BCUT2D eigenvalue weighted by Crippen LogP contribution is 2.20. The van der Waals surface area contributed by atoms with Gasteiger partial charge in [0.2, 0.25) is 0 Å². The summed E-state index contributed by atoms with van der Waals surface area (Å²) in [7, 11) is 0. The van der Waals surface area contributed by atoms with E-state index in [2.05, 4.69) is 22.2 Å². The largest absolute Gasteiger partial charge is 0.318 e. The zero-order chi connectivity index (χ0) is 11.5. The van der Waals surface area contributed by atoms with Gasteiger partial charge in [-0.3, -0.25) is 0 Å². The highest BCUT2D eigenvalue weighted by Gasteiger charge is 2.16. The predicted molar refractivity (Wildman–Crippen MR) is 63.2 cm³/mol. The summed E-state index contributed by atoms with van der Waals surface area (Å²) in [5.41, 5.74) is 7.96. The molecule has 0 spiro atoms. The van der Waals surface area contributed by atoms with Crippen LogP contribution in [0.3, 0.4) is 0 Å². The standard InChI is InChI=1S/C10H15N5S/c1-3-4-15-9(5-12-14-15)10(11)8-6-16-7(2)13-8/h5-6,10H,3-4,11H2,1-2H3. The van der Waals surface area contributed by atoms with Crippen LogP contribution in [0.2, 0.25) is 0 Å². The van der Waals surface area contributed by atoms with Gasteiger partial charge >= 0.3 is 0 Å². The van der Waals surface area contributed by atoms with Crippen molar-refractivity contribution in [3.05, 3.63) is 28.0 Å². The number of rotatable bonds is 4. The average Bonchev–Trinajstić information content (AvgIpc) is 2.87. The number of thiazole rings is 1. The van der Waals surface area contributed by atoms with Gasteiger partial charge in [-0.15, -0.1) is 16.4 Å². The van der Waals surface area contributed by atoms with Crippen LogP contribution in [0.25, 0.3) is 0 Å². The molecular weight excluding hydrogens is 222 g/mol. The van der Waals surface area contributed by atoms with Crippen molar-refractivity contribution < 1.29 is 0 Å². The van der Waals surface area contributed by atoms with E-state index < -0.39 is 0 Å². The molecule has 0 saturated carbocycles. The second-order valence-corrected chi connectivity index (χ2v) is 4.71. The van der Waals surface area contributed by atoms with E-state index in [4.69, 9.17) is 5.73 Å². The zero-order valence-corrected chi connectivity index (χ0v) is 10.2. The van der Waals surface area contributed by atoms with E-state index in [-0.39, 0.29) is 6.04 Å². The molecule has 0 aliphatic heterocycles. The van der Waals surface area contributed by atoms with Gasteiger partial charge in [0, 0.05) is 11.9 Å². The summed E-state index contributed by atoms with van der Waals surface area (Å²) in [4.78, 5) is 4.39. The molecule has 5 nitrogen and oxygen atoms in total. The van der Waals surface area contributed by atoms with Gasteiger partial charge in [-0.2, -0.15) is 0 Å². The minimum absolute atomic E-state index is 0.230. The number of nitrogens with two attached hydrogens (primary N) is 1. The van der Waals surface area contributed by atoms with Crippen molar-refractivity contribution in [1.82, 2.24) is 20.0 Å². The van der Waals surface area contributed by atoms with E-state index in [9.17, 15) is 0 Å². The topological polar surface area (TPSA) is 69.6 Å². The van der Waals surface area contributed by atoms with Crippen molar-refractivity contribution >= 4 is 11.3 Å². The van der Waals surface area contributed by atoms with Crippen LogP contribution < -0.4 is 5.73 Å². The van der Waals surface area contributed by atoms with E-state index in [0.29, 0.717) is 0 Å². The minimum Gasteiger partial charge on any atom is -0.318 e. The summed E-state index contributed by atoms with van der Waals surface area (Å²) in [5.74, 6) is 0. The summed E-state index contributed by atoms with van der Waals surface area (Å²) in [5, 5.41) is 10.9. The SMILES string of the molecule is CCCn1nncc1C(N)c1csc(C)n1. The lowest BCUT2D eigenvalue weighted by atomic mass is 10.2. The summed E-state index contributed by atoms with van der Waals surface area (Å²) >= 11 is 1.61. The molecule has 1 atom stereocenters. The fraction of sp³-hybridized carbons (Fsp3) is 0.500. The summed E-state index contributed by atoms with van der Waals surface area (Å²) in [6.45, 7) is 4.92. The molecule has 2 aromatic heterocycles. The molecule has 0 fully saturated rings. The van der Waals surface area contributed by atoms with Crippen LogP contribution in [-0.4, -0.2) is 20.0 Å². The molecule has 0 aliphatic carbocycles. The molecule has 0 amide bonds. The second-order valence-electron chi connectivity index (χ2n) is 3.65. The summed E-state index contributed by atoms with van der Waals surface area (Å²) < 4.78 is 1.85. The lowest BCUT2D eigenvalue weighted by molar-refractivity contribution is 0.541. The molecule has 0 aliphatic rings. The highest BCUT2D eigenvalue weighted by atomic mass is 32.1. The monoisotopic (exact) mass is 237 g/mol. The van der Waals surface area contributed by atoms with Crippen LogP contribution in [0.15, 0.2) is 11.6 Å². The van der Waals surface area contributed by atoms with E-state index in [1.165, 1.54) is 0 Å². The van der Waals surface area contributed by atoms with Crippen LogP contribution in [0.1, 0.15) is 35.8 Å². The predicted octanol–water partition coefficient (Wildman–Crippen LogP) is 1.50. The first-order valence-corrected chi connectivity index (χ1v) is 6.16. The van der Waals surface area contributed by atoms with Gasteiger partial charge in [0.05, 0.1) is 28.6 Å². The Kier molecular flexibility index (Phi) is 3.31. The van der Waals surface area contributed by atoms with Crippen molar-refractivity contribution in [3.63, 3.8) is 0 Å². The molecule has 0 radical (unpaired) electrons. The molecule has 2 aromatic rings. The van der Waals surface area contributed by atoms with Crippen molar-refractivity contribution in [1.29, 1.82) is 0 Å². The first-order chi connectivity index (χ1) is 7.72. The molecule has 2 heterocycles. The smallest absolute Gasteiger partial charge is 0.0922 e. The lowest BCUT2D eigenvalue weighted by Crippen LogP contribution is -2.18. The van der Waals surface area contributed by atoms with Gasteiger partial charge in [0.15, 0.2) is 0 Å². The van der Waals surface area contributed by atoms with Crippen molar-refractivity contribution in [2.75, 3.05) is 0 Å². The maximum Gasteiger partial charge on any atom is 0.0922 e. The van der Waals surface area contributed by atoms with Crippen LogP contribution >= 0.6 is 11.3 Å².